The third kappa shape index (κ3) is 3.84. The molecule has 1 aromatic rings. The zero-order chi connectivity index (χ0) is 17.0. The van der Waals surface area contributed by atoms with Crippen molar-refractivity contribution < 1.29 is 9.59 Å². The van der Waals surface area contributed by atoms with E-state index < -0.39 is 0 Å². The van der Waals surface area contributed by atoms with E-state index in [0.717, 1.165) is 18.4 Å². The van der Waals surface area contributed by atoms with Crippen molar-refractivity contribution in [2.24, 2.45) is 5.92 Å². The van der Waals surface area contributed by atoms with Crippen LogP contribution in [0.2, 0.25) is 5.02 Å². The quantitative estimate of drug-likeness (QED) is 0.715. The van der Waals surface area contributed by atoms with Gasteiger partial charge in [0.15, 0.2) is 5.78 Å². The Balaban J connectivity index is 2.38. The third-order valence-corrected chi connectivity index (χ3v) is 4.88. The lowest BCUT2D eigenvalue weighted by molar-refractivity contribution is -0.149. The predicted molar refractivity (Wildman–Crippen MR) is 93.3 cm³/mol. The summed E-state index contributed by atoms with van der Waals surface area (Å²) in [6, 6.07) is 7.15. The minimum atomic E-state index is -0.365. The summed E-state index contributed by atoms with van der Waals surface area (Å²) in [5, 5.41) is 0.672. The maximum absolute atomic E-state index is 13.0. The third-order valence-electron chi connectivity index (χ3n) is 4.63. The summed E-state index contributed by atoms with van der Waals surface area (Å²) >= 11 is 5.97. The number of halogens is 1. The first-order valence-electron chi connectivity index (χ1n) is 8.18. The number of benzene rings is 1. The molecule has 0 spiro atoms. The number of allylic oxidation sites excluding steroid dienone is 1. The van der Waals surface area contributed by atoms with Gasteiger partial charge in [-0.25, -0.2) is 0 Å². The Morgan fingerprint density at radius 1 is 1.39 bits per heavy atom. The van der Waals surface area contributed by atoms with Crippen LogP contribution in [0.5, 0.6) is 0 Å². The van der Waals surface area contributed by atoms with Crippen molar-refractivity contribution in [3.63, 3.8) is 0 Å². The van der Waals surface area contributed by atoms with Gasteiger partial charge < -0.3 is 4.90 Å². The molecule has 1 heterocycles. The van der Waals surface area contributed by atoms with Gasteiger partial charge in [0.05, 0.1) is 12.1 Å². The number of carbonyl (C=O) groups is 2. The number of amides is 1. The number of rotatable bonds is 6. The smallest absolute Gasteiger partial charge is 0.227 e. The van der Waals surface area contributed by atoms with Crippen LogP contribution in [0.1, 0.15) is 51.1 Å². The molecule has 1 saturated heterocycles. The van der Waals surface area contributed by atoms with Crippen molar-refractivity contribution in [2.75, 3.05) is 0 Å². The standard InChI is InChI=1S/C19H24ClNO2/c1-4-6-15-9-12-18(14-7-10-16(20)11-8-14)21(19(15)23)17(5-2)13(3)22/h4,7-8,10-11,15,17-18H,1,5-6,9,12H2,2-3H3. The Labute approximate surface area is 143 Å². The number of Topliss-reactive ketones (excluding diaryl/α,β-unsaturated/α-hetero) is 1. The molecule has 0 N–H and O–H groups in total. The Kier molecular flexibility index (Phi) is 6.00. The van der Waals surface area contributed by atoms with Crippen LogP contribution in [0.4, 0.5) is 0 Å². The number of nitrogens with zero attached hydrogens (tertiary/aromatic N) is 1. The van der Waals surface area contributed by atoms with Gasteiger partial charge in [-0.2, -0.15) is 0 Å². The van der Waals surface area contributed by atoms with Crippen molar-refractivity contribution >= 4 is 23.3 Å². The summed E-state index contributed by atoms with van der Waals surface area (Å²) in [6.07, 6.45) is 4.76. The molecule has 0 aliphatic carbocycles. The highest BCUT2D eigenvalue weighted by Crippen LogP contribution is 2.38. The number of piperidine rings is 1. The fourth-order valence-corrected chi connectivity index (χ4v) is 3.59. The highest BCUT2D eigenvalue weighted by atomic mass is 35.5. The van der Waals surface area contributed by atoms with Crippen LogP contribution in [0, 0.1) is 5.92 Å². The van der Waals surface area contributed by atoms with Crippen molar-refractivity contribution in [1.82, 2.24) is 4.90 Å². The maximum Gasteiger partial charge on any atom is 0.227 e. The number of hydrogen-bond donors (Lipinski definition) is 0. The molecule has 0 aromatic heterocycles. The molecule has 1 aromatic carbocycles. The minimum Gasteiger partial charge on any atom is -0.325 e. The van der Waals surface area contributed by atoms with Crippen LogP contribution in [-0.2, 0) is 9.59 Å². The van der Waals surface area contributed by atoms with E-state index >= 15 is 0 Å². The van der Waals surface area contributed by atoms with Gasteiger partial charge in [-0.3, -0.25) is 9.59 Å². The zero-order valence-electron chi connectivity index (χ0n) is 13.8. The van der Waals surface area contributed by atoms with Crippen LogP contribution in [-0.4, -0.2) is 22.6 Å². The molecule has 3 nitrogen and oxygen atoms in total. The van der Waals surface area contributed by atoms with Crippen LogP contribution in [0.3, 0.4) is 0 Å². The van der Waals surface area contributed by atoms with E-state index in [2.05, 4.69) is 6.58 Å². The Morgan fingerprint density at radius 3 is 2.57 bits per heavy atom. The number of carbonyl (C=O) groups excluding carboxylic acids is 2. The van der Waals surface area contributed by atoms with Crippen LogP contribution in [0.15, 0.2) is 36.9 Å². The maximum atomic E-state index is 13.0. The number of likely N-dealkylation sites (tertiary alicyclic amines) is 1. The van der Waals surface area contributed by atoms with Crippen molar-refractivity contribution in [3.8, 4) is 0 Å². The Morgan fingerprint density at radius 2 is 2.04 bits per heavy atom. The van der Waals surface area contributed by atoms with E-state index in [9.17, 15) is 9.59 Å². The average molecular weight is 334 g/mol. The van der Waals surface area contributed by atoms with Crippen molar-refractivity contribution in [1.29, 1.82) is 0 Å². The first-order chi connectivity index (χ1) is 11.0. The van der Waals surface area contributed by atoms with E-state index in [0.29, 0.717) is 17.9 Å². The lowest BCUT2D eigenvalue weighted by Crippen LogP contribution is -2.51. The summed E-state index contributed by atoms with van der Waals surface area (Å²) in [5.41, 5.74) is 1.04. The molecule has 4 heteroatoms. The molecule has 23 heavy (non-hydrogen) atoms. The Bertz CT molecular complexity index is 582. The van der Waals surface area contributed by atoms with Crippen LogP contribution in [0.25, 0.3) is 0 Å². The minimum absolute atomic E-state index is 0.0408. The molecule has 124 valence electrons. The highest BCUT2D eigenvalue weighted by molar-refractivity contribution is 6.30. The van der Waals surface area contributed by atoms with Gasteiger partial charge in [-0.1, -0.05) is 36.7 Å². The molecule has 0 bridgehead atoms. The lowest BCUT2D eigenvalue weighted by Gasteiger charge is -2.43. The van der Waals surface area contributed by atoms with Crippen LogP contribution < -0.4 is 0 Å². The molecule has 3 atom stereocenters. The molecule has 0 radical (unpaired) electrons. The molecule has 3 unspecified atom stereocenters. The monoisotopic (exact) mass is 333 g/mol. The highest BCUT2D eigenvalue weighted by Gasteiger charge is 2.40. The molecule has 1 aliphatic heterocycles. The summed E-state index contributed by atoms with van der Waals surface area (Å²) in [4.78, 5) is 26.9. The first-order valence-corrected chi connectivity index (χ1v) is 8.56. The van der Waals surface area contributed by atoms with Gasteiger partial charge in [0, 0.05) is 10.9 Å². The zero-order valence-corrected chi connectivity index (χ0v) is 14.6. The van der Waals surface area contributed by atoms with E-state index in [1.54, 1.807) is 13.0 Å². The fraction of sp³-hybridized carbons (Fsp3) is 0.474. The molecule has 2 rings (SSSR count). The fourth-order valence-electron chi connectivity index (χ4n) is 3.47. The summed E-state index contributed by atoms with van der Waals surface area (Å²) in [5.74, 6) is 0.0432. The average Bonchev–Trinajstić information content (AvgIpc) is 2.52. The molecular weight excluding hydrogens is 310 g/mol. The molecular formula is C19H24ClNO2. The summed E-state index contributed by atoms with van der Waals surface area (Å²) in [7, 11) is 0. The molecule has 1 fully saturated rings. The lowest BCUT2D eigenvalue weighted by atomic mass is 9.84. The second-order valence-corrected chi connectivity index (χ2v) is 6.58. The van der Waals surface area contributed by atoms with E-state index in [1.807, 2.05) is 36.1 Å². The summed E-state index contributed by atoms with van der Waals surface area (Å²) in [6.45, 7) is 7.27. The predicted octanol–water partition coefficient (Wildman–Crippen LogP) is 4.56. The van der Waals surface area contributed by atoms with E-state index in [4.69, 9.17) is 11.6 Å². The normalized spacial score (nSPS) is 22.7. The van der Waals surface area contributed by atoms with E-state index in [1.165, 1.54) is 0 Å². The van der Waals surface area contributed by atoms with Crippen molar-refractivity contribution in [3.05, 3.63) is 47.5 Å². The van der Waals surface area contributed by atoms with Crippen molar-refractivity contribution in [2.45, 2.75) is 51.6 Å². The molecule has 0 saturated carbocycles. The topological polar surface area (TPSA) is 37.4 Å². The number of hydrogen-bond acceptors (Lipinski definition) is 2. The SMILES string of the molecule is C=CCC1CCC(c2ccc(Cl)cc2)N(C(CC)C(C)=O)C1=O. The summed E-state index contributed by atoms with van der Waals surface area (Å²) < 4.78 is 0. The van der Waals surface area contributed by atoms with Gasteiger partial charge in [0.25, 0.3) is 0 Å². The molecule has 1 aliphatic rings. The van der Waals surface area contributed by atoms with Crippen LogP contribution >= 0.6 is 11.6 Å². The Hall–Kier alpha value is -1.61. The van der Waals surface area contributed by atoms with Gasteiger partial charge in [-0.15, -0.1) is 6.58 Å². The van der Waals surface area contributed by atoms with Gasteiger partial charge in [0.1, 0.15) is 0 Å². The van der Waals surface area contributed by atoms with Gasteiger partial charge >= 0.3 is 0 Å². The number of ketones is 1. The molecule has 1 amide bonds. The van der Waals surface area contributed by atoms with Gasteiger partial charge in [-0.05, 0) is 50.3 Å². The second-order valence-electron chi connectivity index (χ2n) is 6.15. The first kappa shape index (κ1) is 17.7. The van der Waals surface area contributed by atoms with E-state index in [-0.39, 0.29) is 29.7 Å². The van der Waals surface area contributed by atoms with Gasteiger partial charge in [0.2, 0.25) is 5.91 Å². The largest absolute Gasteiger partial charge is 0.325 e. The second kappa shape index (κ2) is 7.78.